The Morgan fingerprint density at radius 3 is 1.60 bits per heavy atom. The molecular formula is C97H122N2O22S3. The summed E-state index contributed by atoms with van der Waals surface area (Å²) in [6.07, 6.45) is -7.17. The van der Waals surface area contributed by atoms with E-state index in [1.807, 2.05) is 79.7 Å². The standard InChI is InChI=1S/C97H122N2O22S3/c1-10-66(35-61-17-12-11-13-18-61)86(108)41-71(36-62-23-26-77(101)27-24-62)89(111)43-74(48-95(119)120)90(112)49-79(97(7,8)9)91(113)45-76(96(99)121)55-124-53-65-33-63-32-64(34-65)52-123-54-75(85(107)31-58(4)81(103)39-70(60(6)100)47-94(117)118)44-83(105)57(3)30-84(106)72(37-68-21-16-20-67-19-14-15-22-78(67)68)42-87(109)69(25-28-93(115)116)38-88(110)73(46-92(98)114)40-82(104)56(2)29-80(102)59(5)50-122-51-63/h11-24,26-27,32-34,56-59,66,69-76,79,101H,10,25,28-31,35-55H2,1-9H3,(H2,98,114)(H2,99,121)(H,115,116)(H,117,118)(H,119,120)/t56-,57+,58+,59-,66-,69+,70-,71+,72+,73-,74-,75-,76-,79+/m1/s1. The Labute approximate surface area is 739 Å². The topological polar surface area (TPSA) is 440 Å². The molecule has 1 aliphatic rings. The first kappa shape index (κ1) is 103. The van der Waals surface area contributed by atoms with E-state index >= 15 is 4.79 Å². The number of rotatable bonds is 40. The highest BCUT2D eigenvalue weighted by Gasteiger charge is 2.41. The minimum Gasteiger partial charge on any atom is -0.508 e. The van der Waals surface area contributed by atoms with Gasteiger partial charge in [-0.25, -0.2) is 0 Å². The third-order valence-corrected chi connectivity index (χ3v) is 27.4. The molecule has 0 saturated heterocycles. The number of fused-ring (bicyclic) bond motifs is 3. The molecular weight excluding hydrogens is 1640 g/mol. The monoisotopic (exact) mass is 1760 g/mol. The first-order valence-corrected chi connectivity index (χ1v) is 46.1. The number of aliphatic carboxylic acids is 3. The van der Waals surface area contributed by atoms with Gasteiger partial charge in [-0.15, -0.1) is 0 Å². The fourth-order valence-electron chi connectivity index (χ4n) is 16.0. The number of hydrogen-bond acceptors (Lipinski definition) is 22. The maximum atomic E-state index is 15.1. The van der Waals surface area contributed by atoms with Crippen LogP contribution in [0.1, 0.15) is 211 Å². The van der Waals surface area contributed by atoms with Crippen LogP contribution >= 0.6 is 35.3 Å². The molecule has 0 unspecified atom stereocenters. The highest BCUT2D eigenvalue weighted by molar-refractivity contribution is 7.99. The molecule has 14 atom stereocenters. The SMILES string of the molecule is CC[C@H](Cc1ccccc1)C(=O)C[C@H](Cc1ccc(O)cc1)C(=O)C[C@H](CC(=O)O)C(=O)C[C@@H](C(=O)C[C@H](CSCc1cc2cc(c1)CSC[C@@H](C)C(=O)C[C@@H](C)C(=O)C[C@H](CC(N)=O)C(=O)C[C@H](CCC(=O)O)C(=O)C[C@H](Cc1cccc3ccccc13)C(=O)C[C@H](C)C(=O)C[C@@H](C(=O)C[C@H](C)C(=O)C[C@H](CC(=O)O)C(C)=O)CSC2)C(N)=O)C(C)(C)C. The second kappa shape index (κ2) is 50.4. The largest absolute Gasteiger partial charge is 0.508 e. The smallest absolute Gasteiger partial charge is 0.304 e. The van der Waals surface area contributed by atoms with Crippen molar-refractivity contribution < 1.29 is 107 Å². The third kappa shape index (κ3) is 34.7. The Balaban J connectivity index is 1.31. The van der Waals surface area contributed by atoms with Crippen molar-refractivity contribution in [2.45, 2.75) is 214 Å². The van der Waals surface area contributed by atoms with Crippen molar-refractivity contribution in [1.82, 2.24) is 0 Å². The molecule has 0 aliphatic carbocycles. The summed E-state index contributed by atoms with van der Waals surface area (Å²) >= 11 is 3.98. The summed E-state index contributed by atoms with van der Waals surface area (Å²) in [6, 6.07) is 34.0. The fraction of sp³-hybridized carbons (Fsp3) is 0.526. The summed E-state index contributed by atoms with van der Waals surface area (Å²) in [6.45, 7) is 14.5. The van der Waals surface area contributed by atoms with Crippen LogP contribution in [0.15, 0.2) is 115 Å². The number of phenolic OH excluding ortho intramolecular Hbond substituents is 1. The van der Waals surface area contributed by atoms with E-state index in [1.165, 1.54) is 75.1 Å². The lowest BCUT2D eigenvalue weighted by molar-refractivity contribution is -0.143. The van der Waals surface area contributed by atoms with Crippen LogP contribution in [-0.2, 0) is 123 Å². The van der Waals surface area contributed by atoms with Gasteiger partial charge in [-0.2, -0.15) is 35.3 Å². The number of thioether (sulfide) groups is 3. The number of ketones is 13. The number of carbonyl (C=O) groups is 18. The van der Waals surface area contributed by atoms with Crippen molar-refractivity contribution in [2.75, 3.05) is 17.3 Å². The van der Waals surface area contributed by atoms with Crippen molar-refractivity contribution in [1.29, 1.82) is 0 Å². The van der Waals surface area contributed by atoms with Gasteiger partial charge in [0.05, 0.1) is 18.8 Å². The van der Waals surface area contributed by atoms with Gasteiger partial charge in [-0.3, -0.25) is 86.3 Å². The summed E-state index contributed by atoms with van der Waals surface area (Å²) in [7, 11) is 0. The number of phenols is 1. The second-order valence-electron chi connectivity index (χ2n) is 35.2. The van der Waals surface area contributed by atoms with Crippen LogP contribution in [0.3, 0.4) is 0 Å². The Morgan fingerprint density at radius 1 is 0.492 bits per heavy atom. The van der Waals surface area contributed by atoms with Crippen LogP contribution in [0.5, 0.6) is 5.75 Å². The van der Waals surface area contributed by atoms with Crippen LogP contribution < -0.4 is 11.5 Å². The van der Waals surface area contributed by atoms with Gasteiger partial charge >= 0.3 is 17.9 Å². The van der Waals surface area contributed by atoms with E-state index in [-0.39, 0.29) is 78.2 Å². The summed E-state index contributed by atoms with van der Waals surface area (Å²) < 4.78 is 0. The molecule has 0 aromatic heterocycles. The molecule has 0 fully saturated rings. The number of carboxylic acid groups (broad SMARTS) is 3. The molecule has 1 heterocycles. The van der Waals surface area contributed by atoms with Gasteiger partial charge in [-0.05, 0) is 101 Å². The Morgan fingerprint density at radius 2 is 1.00 bits per heavy atom. The van der Waals surface area contributed by atoms with Gasteiger partial charge < -0.3 is 31.9 Å². The molecule has 0 saturated carbocycles. The number of aromatic hydroxyl groups is 1. The lowest BCUT2D eigenvalue weighted by atomic mass is 9.71. The maximum absolute atomic E-state index is 15.1. The first-order chi connectivity index (χ1) is 58.5. The fourth-order valence-corrected chi connectivity index (χ4v) is 19.3. The molecule has 24 nitrogen and oxygen atoms in total. The van der Waals surface area contributed by atoms with E-state index in [0.717, 1.165) is 33.0 Å². The molecule has 1 aliphatic heterocycles. The van der Waals surface area contributed by atoms with Crippen LogP contribution in [0.25, 0.3) is 10.8 Å². The Hall–Kier alpha value is -9.73. The Kier molecular flexibility index (Phi) is 41.9. The van der Waals surface area contributed by atoms with E-state index in [9.17, 15) is 102 Å². The molecule has 0 spiro atoms. The minimum atomic E-state index is -1.39. The average Bonchev–Trinajstić information content (AvgIpc) is 0.826. The highest BCUT2D eigenvalue weighted by atomic mass is 32.2. The molecule has 0 radical (unpaired) electrons. The van der Waals surface area contributed by atoms with E-state index < -0.39 is 271 Å². The molecule has 5 aromatic rings. The highest BCUT2D eigenvalue weighted by Crippen LogP contribution is 2.38. The molecule has 2 bridgehead atoms. The van der Waals surface area contributed by atoms with Gasteiger partial charge in [0.25, 0.3) is 0 Å². The third-order valence-electron chi connectivity index (χ3n) is 23.8. The van der Waals surface area contributed by atoms with E-state index in [4.69, 9.17) is 11.5 Å². The zero-order valence-electron chi connectivity index (χ0n) is 72.7. The van der Waals surface area contributed by atoms with E-state index in [0.29, 0.717) is 29.7 Å². The zero-order chi connectivity index (χ0) is 91.8. The number of carboxylic acids is 3. The van der Waals surface area contributed by atoms with Crippen LogP contribution in [0, 0.1) is 88.3 Å². The normalized spacial score (nSPS) is 20.2. The van der Waals surface area contributed by atoms with Gasteiger partial charge in [0.2, 0.25) is 11.8 Å². The van der Waals surface area contributed by atoms with E-state index in [2.05, 4.69) is 0 Å². The van der Waals surface area contributed by atoms with Gasteiger partial charge in [0, 0.05) is 201 Å². The summed E-state index contributed by atoms with van der Waals surface area (Å²) in [5, 5.41) is 41.3. The Bertz CT molecular complexity index is 4660. The summed E-state index contributed by atoms with van der Waals surface area (Å²) in [5.74, 6) is -26.1. The van der Waals surface area contributed by atoms with Gasteiger partial charge in [-0.1, -0.05) is 159 Å². The van der Waals surface area contributed by atoms with Crippen LogP contribution in [0.4, 0.5) is 0 Å². The zero-order valence-corrected chi connectivity index (χ0v) is 75.1. The summed E-state index contributed by atoms with van der Waals surface area (Å²) in [4.78, 5) is 249. The lowest BCUT2D eigenvalue weighted by Gasteiger charge is -2.31. The number of amides is 2. The number of carbonyl (C=O) groups excluding carboxylic acids is 15. The van der Waals surface area contributed by atoms with Crippen molar-refractivity contribution in [2.24, 2.45) is 99.7 Å². The molecule has 6 rings (SSSR count). The lowest BCUT2D eigenvalue weighted by Crippen LogP contribution is -2.37. The van der Waals surface area contributed by atoms with E-state index in [1.54, 1.807) is 58.0 Å². The van der Waals surface area contributed by atoms with Crippen molar-refractivity contribution in [3.8, 4) is 5.75 Å². The maximum Gasteiger partial charge on any atom is 0.304 e. The average molecular weight is 1760 g/mol. The number of benzene rings is 5. The van der Waals surface area contributed by atoms with Gasteiger partial charge in [0.1, 0.15) is 80.9 Å². The predicted octanol–water partition coefficient (Wildman–Crippen LogP) is 14.4. The van der Waals surface area contributed by atoms with Crippen LogP contribution in [-0.4, -0.2) is 143 Å². The van der Waals surface area contributed by atoms with Crippen molar-refractivity contribution in [3.63, 3.8) is 0 Å². The number of hydrogen-bond donors (Lipinski definition) is 6. The predicted molar refractivity (Wildman–Crippen MR) is 476 cm³/mol. The quantitative estimate of drug-likeness (QED) is 0.0212. The first-order valence-electron chi connectivity index (χ1n) is 42.7. The molecule has 8 N–H and O–H groups in total. The number of Topliss-reactive ketones (excluding diaryl/α,β-unsaturated/α-hetero) is 13. The van der Waals surface area contributed by atoms with Gasteiger partial charge in [0.15, 0.2) is 0 Å². The molecule has 670 valence electrons. The minimum absolute atomic E-state index is 0.00623. The number of nitrogens with two attached hydrogens (primary N) is 2. The molecule has 2 amide bonds. The number of primary amides is 2. The van der Waals surface area contributed by atoms with Crippen molar-refractivity contribution in [3.05, 3.63) is 149 Å². The van der Waals surface area contributed by atoms with Crippen molar-refractivity contribution >= 4 is 151 Å². The summed E-state index contributed by atoms with van der Waals surface area (Å²) in [5.41, 5.74) is 15.3. The molecule has 124 heavy (non-hydrogen) atoms. The second-order valence-corrected chi connectivity index (χ2v) is 38.3. The molecule has 27 heteroatoms. The van der Waals surface area contributed by atoms with Crippen LogP contribution in [0.2, 0.25) is 0 Å². The molecule has 5 aromatic carbocycles.